The Labute approximate surface area is 172 Å². The number of carboxylic acids is 1. The van der Waals surface area contributed by atoms with E-state index in [9.17, 15) is 24.3 Å². The molecule has 29 heavy (non-hydrogen) atoms. The Balaban J connectivity index is 1.78. The summed E-state index contributed by atoms with van der Waals surface area (Å²) in [6, 6.07) is -0.915. The molecule has 0 aliphatic carbocycles. The smallest absolute Gasteiger partial charge is 0.352 e. The Morgan fingerprint density at radius 3 is 2.55 bits per heavy atom. The number of hydrogen-bond acceptors (Lipinski definition) is 7. The van der Waals surface area contributed by atoms with Crippen LogP contribution in [0.4, 0.5) is 0 Å². The number of hydrogen-bond donors (Lipinski definition) is 2. The number of β-lactam (4-membered cyclic amide) rings is 1. The predicted molar refractivity (Wildman–Crippen MR) is 105 cm³/mol. The molecule has 2 atom stereocenters. The van der Waals surface area contributed by atoms with E-state index in [1.54, 1.807) is 0 Å². The molecule has 3 aliphatic rings. The Morgan fingerprint density at radius 1 is 1.34 bits per heavy atom. The zero-order valence-electron chi connectivity index (χ0n) is 16.6. The molecule has 0 radical (unpaired) electrons. The number of oxime groups is 1. The van der Waals surface area contributed by atoms with E-state index in [0.29, 0.717) is 12.3 Å². The Morgan fingerprint density at radius 2 is 2.00 bits per heavy atom. The number of likely N-dealkylation sites (N-methyl/N-ethyl adjacent to an activating group) is 1. The first-order chi connectivity index (χ1) is 13.7. The number of thioether (sulfide) groups is 1. The zero-order valence-corrected chi connectivity index (χ0v) is 17.5. The van der Waals surface area contributed by atoms with E-state index < -0.39 is 40.7 Å². The van der Waals surface area contributed by atoms with Crippen LogP contribution in [0, 0.1) is 0 Å². The van der Waals surface area contributed by atoms with Gasteiger partial charge in [-0.05, 0) is 0 Å². The predicted octanol–water partition coefficient (Wildman–Crippen LogP) is -0.443. The van der Waals surface area contributed by atoms with Crippen LogP contribution in [-0.4, -0.2) is 94.7 Å². The fourth-order valence-corrected chi connectivity index (χ4v) is 5.42. The molecule has 10 nitrogen and oxygen atoms in total. The number of carbonyl (C=O) groups excluding carboxylic acids is 3. The maximum atomic E-state index is 12.7. The van der Waals surface area contributed by atoms with Crippen molar-refractivity contribution < 1.29 is 33.6 Å². The standard InChI is InChI=1S/C18H24N4O6S/c1-10(23)12(20-28-3)15(24)19-13-16(25)21-14(18(26)27)11(9-29-17(13)21)8-22(2)6-4-5-7-22/h13,17H,4-9H2,1-3H3,(H-,19,24,26,27)/p+1/t13-,17-/m1/s1. The number of aliphatic carboxylic acids is 1. The first-order valence-corrected chi connectivity index (χ1v) is 10.4. The van der Waals surface area contributed by atoms with Crippen LogP contribution in [0.5, 0.6) is 0 Å². The number of fused-ring (bicyclic) bond motifs is 1. The lowest BCUT2D eigenvalue weighted by atomic mass is 10.0. The first kappa shape index (κ1) is 21.3. The lowest BCUT2D eigenvalue weighted by molar-refractivity contribution is -0.893. The number of Topliss-reactive ketones (excluding diaryl/α,β-unsaturated/α-hetero) is 1. The third kappa shape index (κ3) is 4.01. The maximum Gasteiger partial charge on any atom is 0.352 e. The second-order valence-electron chi connectivity index (χ2n) is 7.73. The molecule has 0 saturated carbocycles. The molecule has 3 heterocycles. The quantitative estimate of drug-likeness (QED) is 0.186. The van der Waals surface area contributed by atoms with Crippen molar-refractivity contribution in [2.75, 3.05) is 39.5 Å². The third-order valence-corrected chi connectivity index (χ3v) is 6.83. The molecule has 0 aromatic carbocycles. The van der Waals surface area contributed by atoms with Crippen LogP contribution in [0.15, 0.2) is 16.4 Å². The number of quaternary nitrogens is 1. The van der Waals surface area contributed by atoms with Crippen molar-refractivity contribution in [2.24, 2.45) is 5.16 Å². The number of nitrogens with zero attached hydrogens (tertiary/aromatic N) is 3. The molecule has 158 valence electrons. The van der Waals surface area contributed by atoms with E-state index in [1.165, 1.54) is 30.7 Å². The van der Waals surface area contributed by atoms with Crippen LogP contribution < -0.4 is 5.32 Å². The van der Waals surface area contributed by atoms with E-state index in [0.717, 1.165) is 36.0 Å². The topological polar surface area (TPSA) is 125 Å². The third-order valence-electron chi connectivity index (χ3n) is 5.49. The largest absolute Gasteiger partial charge is 0.477 e. The molecule has 0 bridgehead atoms. The summed E-state index contributed by atoms with van der Waals surface area (Å²) in [7, 11) is 3.31. The van der Waals surface area contributed by atoms with Crippen molar-refractivity contribution in [2.45, 2.75) is 31.2 Å². The highest BCUT2D eigenvalue weighted by atomic mass is 32.2. The molecule has 11 heteroatoms. The minimum atomic E-state index is -1.14. The monoisotopic (exact) mass is 425 g/mol. The highest BCUT2D eigenvalue weighted by Crippen LogP contribution is 2.41. The molecule has 0 unspecified atom stereocenters. The summed E-state index contributed by atoms with van der Waals surface area (Å²) in [6.45, 7) is 3.74. The van der Waals surface area contributed by atoms with Gasteiger partial charge in [0.05, 0.1) is 20.1 Å². The average molecular weight is 425 g/mol. The second kappa shape index (κ2) is 8.15. The molecule has 0 aromatic rings. The molecule has 3 aliphatic heterocycles. The second-order valence-corrected chi connectivity index (χ2v) is 8.83. The lowest BCUT2D eigenvalue weighted by Gasteiger charge is -2.49. The van der Waals surface area contributed by atoms with Gasteiger partial charge in [0.25, 0.3) is 11.8 Å². The highest BCUT2D eigenvalue weighted by molar-refractivity contribution is 8.00. The van der Waals surface area contributed by atoms with Gasteiger partial charge in [-0.25, -0.2) is 4.79 Å². The number of rotatable bonds is 7. The maximum absolute atomic E-state index is 12.7. The Kier molecular flexibility index (Phi) is 5.99. The van der Waals surface area contributed by atoms with E-state index in [4.69, 9.17) is 0 Å². The van der Waals surface area contributed by atoms with Crippen molar-refractivity contribution in [3.05, 3.63) is 11.3 Å². The molecule has 0 aromatic heterocycles. The van der Waals surface area contributed by atoms with Crippen LogP contribution >= 0.6 is 11.8 Å². The van der Waals surface area contributed by atoms with E-state index in [2.05, 4.69) is 22.4 Å². The molecular formula is C18H25N4O6S+. The Hall–Kier alpha value is -2.40. The summed E-state index contributed by atoms with van der Waals surface area (Å²) >= 11 is 1.41. The van der Waals surface area contributed by atoms with Crippen LogP contribution in [0.3, 0.4) is 0 Å². The van der Waals surface area contributed by atoms with Crippen molar-refractivity contribution in [3.63, 3.8) is 0 Å². The summed E-state index contributed by atoms with van der Waals surface area (Å²) in [5.74, 6) is -2.59. The van der Waals surface area contributed by atoms with Crippen molar-refractivity contribution in [1.29, 1.82) is 0 Å². The minimum Gasteiger partial charge on any atom is -0.477 e. The number of ketones is 1. The number of nitrogens with one attached hydrogen (secondary N) is 1. The number of carboxylic acid groups (broad SMARTS) is 1. The van der Waals surface area contributed by atoms with Gasteiger partial charge in [-0.2, -0.15) is 0 Å². The fraction of sp³-hybridized carbons (Fsp3) is 0.611. The van der Waals surface area contributed by atoms with Gasteiger partial charge < -0.3 is 19.7 Å². The molecule has 2 saturated heterocycles. The van der Waals surface area contributed by atoms with Gasteiger partial charge in [0, 0.05) is 31.1 Å². The van der Waals surface area contributed by atoms with Crippen LogP contribution in [0.25, 0.3) is 0 Å². The molecule has 2 fully saturated rings. The van der Waals surface area contributed by atoms with Gasteiger partial charge in [-0.1, -0.05) is 5.16 Å². The summed E-state index contributed by atoms with van der Waals surface area (Å²) in [5, 5.41) is 15.1. The molecule has 2 N–H and O–H groups in total. The summed E-state index contributed by atoms with van der Waals surface area (Å²) < 4.78 is 0.773. The average Bonchev–Trinajstić information content (AvgIpc) is 3.09. The van der Waals surface area contributed by atoms with Gasteiger partial charge in [-0.3, -0.25) is 19.3 Å². The van der Waals surface area contributed by atoms with Crippen molar-refractivity contribution >= 4 is 41.0 Å². The van der Waals surface area contributed by atoms with E-state index in [1.807, 2.05) is 0 Å². The minimum absolute atomic E-state index is 0.0212. The number of amides is 2. The van der Waals surface area contributed by atoms with Gasteiger partial charge in [0.2, 0.25) is 5.71 Å². The van der Waals surface area contributed by atoms with Gasteiger partial charge in [0.1, 0.15) is 30.8 Å². The molecular weight excluding hydrogens is 400 g/mol. The number of carbonyl (C=O) groups is 4. The van der Waals surface area contributed by atoms with Crippen molar-refractivity contribution in [3.8, 4) is 0 Å². The Bertz CT molecular complexity index is 817. The first-order valence-electron chi connectivity index (χ1n) is 9.35. The summed E-state index contributed by atoms with van der Waals surface area (Å²) in [5.41, 5.74) is 0.320. The van der Waals surface area contributed by atoms with Crippen LogP contribution in [0.2, 0.25) is 0 Å². The summed E-state index contributed by atoms with van der Waals surface area (Å²) in [6.07, 6.45) is 2.22. The van der Waals surface area contributed by atoms with E-state index >= 15 is 0 Å². The lowest BCUT2D eigenvalue weighted by Crippen LogP contribution is -2.71. The van der Waals surface area contributed by atoms with E-state index in [-0.39, 0.29) is 5.70 Å². The molecule has 3 rings (SSSR count). The van der Waals surface area contributed by atoms with Gasteiger partial charge >= 0.3 is 5.97 Å². The molecule has 0 spiro atoms. The van der Waals surface area contributed by atoms with Gasteiger partial charge in [-0.15, -0.1) is 11.8 Å². The van der Waals surface area contributed by atoms with Crippen LogP contribution in [0.1, 0.15) is 19.8 Å². The molecule has 2 amide bonds. The number of likely N-dealkylation sites (tertiary alicyclic amines) is 1. The normalized spacial score (nSPS) is 26.0. The SMILES string of the molecule is CON=C(C(C)=O)C(=O)N[C@@H]1C(=O)N2C(C(=O)O)=C(C[N+]3(C)CCCC3)CS[C@H]12. The fourth-order valence-electron chi connectivity index (χ4n) is 4.09. The summed E-state index contributed by atoms with van der Waals surface area (Å²) in [4.78, 5) is 54.3. The highest BCUT2D eigenvalue weighted by Gasteiger charge is 2.55. The van der Waals surface area contributed by atoms with Crippen LogP contribution in [-0.2, 0) is 24.0 Å². The van der Waals surface area contributed by atoms with Crippen molar-refractivity contribution in [1.82, 2.24) is 10.2 Å². The van der Waals surface area contributed by atoms with Gasteiger partial charge in [0.15, 0.2) is 5.78 Å². The zero-order chi connectivity index (χ0) is 21.3.